The smallest absolute Gasteiger partial charge is 0.387 e. The first kappa shape index (κ1) is 25.8. The van der Waals surface area contributed by atoms with Crippen LogP contribution in [0.2, 0.25) is 0 Å². The van der Waals surface area contributed by atoms with Crippen LogP contribution in [-0.2, 0) is 16.0 Å². The quantitative estimate of drug-likeness (QED) is 0.217. The minimum atomic E-state index is -2.81. The zero-order valence-corrected chi connectivity index (χ0v) is 19.4. The molecule has 1 aromatic rings. The van der Waals surface area contributed by atoms with Gasteiger partial charge in [-0.1, -0.05) is 12.1 Å². The molecule has 1 heterocycles. The lowest BCUT2D eigenvalue weighted by atomic mass is 10.1. The highest BCUT2D eigenvalue weighted by Crippen LogP contribution is 2.16. The Morgan fingerprint density at radius 2 is 1.97 bits per heavy atom. The fourth-order valence-electron chi connectivity index (χ4n) is 2.94. The first-order valence-corrected chi connectivity index (χ1v) is 9.81. The van der Waals surface area contributed by atoms with E-state index in [1.54, 1.807) is 24.3 Å². The van der Waals surface area contributed by atoms with Gasteiger partial charge in [-0.15, -0.1) is 24.0 Å². The van der Waals surface area contributed by atoms with Gasteiger partial charge in [-0.2, -0.15) is 8.78 Å². The average Bonchev–Trinajstić information content (AvgIpc) is 2.69. The summed E-state index contributed by atoms with van der Waals surface area (Å²) in [6, 6.07) is 6.65. The largest absolute Gasteiger partial charge is 0.435 e. The number of guanidine groups is 1. The topological polar surface area (TPSA) is 55.3 Å². The van der Waals surface area contributed by atoms with Crippen LogP contribution in [0.1, 0.15) is 31.7 Å². The molecule has 166 valence electrons. The lowest BCUT2D eigenvalue weighted by Gasteiger charge is -2.23. The van der Waals surface area contributed by atoms with Gasteiger partial charge in [0.15, 0.2) is 5.96 Å². The van der Waals surface area contributed by atoms with Crippen molar-refractivity contribution in [3.05, 3.63) is 29.8 Å². The van der Waals surface area contributed by atoms with Crippen LogP contribution in [0.25, 0.3) is 0 Å². The van der Waals surface area contributed by atoms with Gasteiger partial charge in [-0.3, -0.25) is 4.99 Å². The molecule has 0 amide bonds. The molecule has 1 N–H and O–H groups in total. The van der Waals surface area contributed by atoms with Crippen LogP contribution in [0.5, 0.6) is 5.75 Å². The van der Waals surface area contributed by atoms with Crippen LogP contribution in [0.4, 0.5) is 8.78 Å². The maximum atomic E-state index is 12.2. The van der Waals surface area contributed by atoms with Crippen molar-refractivity contribution in [1.29, 1.82) is 0 Å². The summed E-state index contributed by atoms with van der Waals surface area (Å²) in [6.45, 7) is 3.54. The van der Waals surface area contributed by atoms with Crippen molar-refractivity contribution < 1.29 is 23.0 Å². The lowest BCUT2D eigenvalue weighted by molar-refractivity contribution is -0.0498. The number of hydrogen-bond donors (Lipinski definition) is 1. The highest BCUT2D eigenvalue weighted by Gasteiger charge is 2.13. The summed E-state index contributed by atoms with van der Waals surface area (Å²) < 4.78 is 40.0. The third kappa shape index (κ3) is 10.4. The number of hydrogen-bond acceptors (Lipinski definition) is 4. The van der Waals surface area contributed by atoms with Crippen molar-refractivity contribution in [2.45, 2.75) is 45.4 Å². The monoisotopic (exact) mass is 527 g/mol. The van der Waals surface area contributed by atoms with Crippen LogP contribution in [0.3, 0.4) is 0 Å². The molecule has 1 saturated heterocycles. The van der Waals surface area contributed by atoms with Crippen LogP contribution in [0.15, 0.2) is 29.3 Å². The summed E-state index contributed by atoms with van der Waals surface area (Å²) in [4.78, 5) is 6.66. The molecule has 1 aromatic carbocycles. The third-order valence-corrected chi connectivity index (χ3v) is 4.35. The molecule has 0 bridgehead atoms. The van der Waals surface area contributed by atoms with Gasteiger partial charge in [-0.05, 0) is 43.9 Å². The number of ether oxygens (including phenoxy) is 3. The molecule has 1 aliphatic heterocycles. The minimum absolute atomic E-state index is 0. The Balaban J connectivity index is 0.00000420. The van der Waals surface area contributed by atoms with E-state index in [9.17, 15) is 8.78 Å². The second-order valence-electron chi connectivity index (χ2n) is 6.65. The molecule has 9 heteroatoms. The zero-order chi connectivity index (χ0) is 20.2. The highest BCUT2D eigenvalue weighted by atomic mass is 127. The fraction of sp³-hybridized carbons (Fsp3) is 0.650. The molecule has 1 fully saturated rings. The Labute approximate surface area is 189 Å². The number of benzene rings is 1. The van der Waals surface area contributed by atoms with E-state index >= 15 is 0 Å². The van der Waals surface area contributed by atoms with Gasteiger partial charge < -0.3 is 24.4 Å². The first-order chi connectivity index (χ1) is 13.6. The van der Waals surface area contributed by atoms with E-state index in [1.807, 2.05) is 18.9 Å². The number of nitrogens with one attached hydrogen (secondary N) is 1. The molecule has 2 rings (SSSR count). The molecule has 0 atom stereocenters. The summed E-state index contributed by atoms with van der Waals surface area (Å²) in [5.41, 5.74) is 0.984. The molecule has 6 nitrogen and oxygen atoms in total. The van der Waals surface area contributed by atoms with E-state index in [0.29, 0.717) is 25.8 Å². The summed E-state index contributed by atoms with van der Waals surface area (Å²) in [7, 11) is 1.95. The van der Waals surface area contributed by atoms with Gasteiger partial charge >= 0.3 is 6.61 Å². The summed E-state index contributed by atoms with van der Waals surface area (Å²) in [5, 5.41) is 3.28. The number of aliphatic imine (C=N–C) groups is 1. The maximum Gasteiger partial charge on any atom is 0.387 e. The molecule has 0 saturated carbocycles. The Morgan fingerprint density at radius 1 is 1.28 bits per heavy atom. The number of halogens is 3. The molecular formula is C20H32F2IN3O3. The summed E-state index contributed by atoms with van der Waals surface area (Å²) in [5.74, 6) is 0.966. The SMILES string of the molecule is CCNC(=NCCCOC1CCOCC1)N(C)Cc1ccc(OC(F)F)cc1.I. The lowest BCUT2D eigenvalue weighted by Crippen LogP contribution is -2.38. The second-order valence-corrected chi connectivity index (χ2v) is 6.65. The van der Waals surface area contributed by atoms with Gasteiger partial charge in [-0.25, -0.2) is 0 Å². The van der Waals surface area contributed by atoms with E-state index < -0.39 is 6.61 Å². The third-order valence-electron chi connectivity index (χ3n) is 4.35. The molecule has 0 unspecified atom stereocenters. The highest BCUT2D eigenvalue weighted by molar-refractivity contribution is 14.0. The molecule has 0 aromatic heterocycles. The van der Waals surface area contributed by atoms with Crippen molar-refractivity contribution in [1.82, 2.24) is 10.2 Å². The Hall–Kier alpha value is -1.20. The predicted octanol–water partition coefficient (Wildman–Crippen LogP) is 3.89. The van der Waals surface area contributed by atoms with Crippen LogP contribution < -0.4 is 10.1 Å². The van der Waals surface area contributed by atoms with Crippen molar-refractivity contribution >= 4 is 29.9 Å². The van der Waals surface area contributed by atoms with Crippen molar-refractivity contribution in [3.63, 3.8) is 0 Å². The normalized spacial score (nSPS) is 15.1. The average molecular weight is 527 g/mol. The van der Waals surface area contributed by atoms with E-state index in [2.05, 4.69) is 15.0 Å². The Bertz CT molecular complexity index is 585. The van der Waals surface area contributed by atoms with E-state index in [1.165, 1.54) is 0 Å². The predicted molar refractivity (Wildman–Crippen MR) is 120 cm³/mol. The van der Waals surface area contributed by atoms with Crippen LogP contribution in [0, 0.1) is 0 Å². The van der Waals surface area contributed by atoms with E-state index in [4.69, 9.17) is 9.47 Å². The number of nitrogens with zero attached hydrogens (tertiary/aromatic N) is 2. The van der Waals surface area contributed by atoms with Gasteiger partial charge in [0.25, 0.3) is 0 Å². The summed E-state index contributed by atoms with van der Waals surface area (Å²) in [6.07, 6.45) is 3.11. The molecule has 0 spiro atoms. The minimum Gasteiger partial charge on any atom is -0.435 e. The first-order valence-electron chi connectivity index (χ1n) is 9.81. The standard InChI is InChI=1S/C20H31F2N3O3.HI/c1-3-23-20(24-11-4-12-27-17-9-13-26-14-10-17)25(2)15-16-5-7-18(8-6-16)28-19(21)22;/h5-8,17,19H,3-4,9-15H2,1-2H3,(H,23,24);1H. The maximum absolute atomic E-state index is 12.2. The molecule has 0 aliphatic carbocycles. The molecule has 1 aliphatic rings. The number of alkyl halides is 2. The molecule has 29 heavy (non-hydrogen) atoms. The van der Waals surface area contributed by atoms with Crippen molar-refractivity contribution in [3.8, 4) is 5.75 Å². The van der Waals surface area contributed by atoms with E-state index in [-0.39, 0.29) is 29.7 Å². The van der Waals surface area contributed by atoms with Gasteiger partial charge in [0.1, 0.15) is 5.75 Å². The van der Waals surface area contributed by atoms with Crippen molar-refractivity contribution in [2.24, 2.45) is 4.99 Å². The molecule has 0 radical (unpaired) electrons. The number of rotatable bonds is 10. The van der Waals surface area contributed by atoms with Gasteiger partial charge in [0.2, 0.25) is 0 Å². The fourth-order valence-corrected chi connectivity index (χ4v) is 2.94. The van der Waals surface area contributed by atoms with Crippen molar-refractivity contribution in [2.75, 3.05) is 40.0 Å². The van der Waals surface area contributed by atoms with Crippen LogP contribution >= 0.6 is 24.0 Å². The zero-order valence-electron chi connectivity index (χ0n) is 17.1. The Morgan fingerprint density at radius 3 is 2.59 bits per heavy atom. The summed E-state index contributed by atoms with van der Waals surface area (Å²) >= 11 is 0. The molecular weight excluding hydrogens is 495 g/mol. The van der Waals surface area contributed by atoms with Gasteiger partial charge in [0.05, 0.1) is 6.10 Å². The van der Waals surface area contributed by atoms with E-state index in [0.717, 1.165) is 50.5 Å². The van der Waals surface area contributed by atoms with Gasteiger partial charge in [0, 0.05) is 46.5 Å². The Kier molecular flexibility index (Phi) is 13.1. The van der Waals surface area contributed by atoms with Crippen LogP contribution in [-0.4, -0.2) is 63.5 Å². The second kappa shape index (κ2) is 14.7.